The molecule has 2 aromatic rings. The van der Waals surface area contributed by atoms with Crippen LogP contribution in [0.4, 0.5) is 0 Å². The van der Waals surface area contributed by atoms with Gasteiger partial charge in [0.1, 0.15) is 0 Å². The van der Waals surface area contributed by atoms with Gasteiger partial charge in [-0.2, -0.15) is 0 Å². The molecule has 0 atom stereocenters. The standard InChI is InChI=1S/C18H15BrN2O5S3/c1-25-14-9-11(8-13(19)16(14)26-2)10-15-17(22)21(18(27)28-15)20-29(23,24)12-6-4-3-5-7-12/h3-10,20H,1-2H3/b15-10-. The van der Waals surface area contributed by atoms with Crippen molar-refractivity contribution in [3.63, 3.8) is 0 Å². The first-order valence-corrected chi connectivity index (χ1v) is 11.5. The van der Waals surface area contributed by atoms with Crippen molar-refractivity contribution in [2.45, 2.75) is 4.90 Å². The molecule has 0 aliphatic carbocycles. The first-order chi connectivity index (χ1) is 13.8. The molecule has 1 heterocycles. The van der Waals surface area contributed by atoms with Crippen LogP contribution in [-0.4, -0.2) is 37.9 Å². The molecule has 3 rings (SSSR count). The summed E-state index contributed by atoms with van der Waals surface area (Å²) in [6, 6.07) is 11.2. The number of carbonyl (C=O) groups is 1. The molecule has 0 bridgehead atoms. The maximum Gasteiger partial charge on any atom is 0.281 e. The van der Waals surface area contributed by atoms with Gasteiger partial charge in [-0.15, -0.1) is 4.83 Å². The van der Waals surface area contributed by atoms with E-state index < -0.39 is 15.9 Å². The molecule has 1 saturated heterocycles. The third-order valence-electron chi connectivity index (χ3n) is 3.81. The molecule has 0 spiro atoms. The number of nitrogens with zero attached hydrogens (tertiary/aromatic N) is 1. The van der Waals surface area contributed by atoms with E-state index in [-0.39, 0.29) is 14.1 Å². The van der Waals surface area contributed by atoms with Crippen LogP contribution in [-0.2, 0) is 14.8 Å². The number of benzene rings is 2. The Bertz CT molecular complexity index is 1100. The van der Waals surface area contributed by atoms with Crippen LogP contribution >= 0.6 is 39.9 Å². The normalized spacial score (nSPS) is 15.8. The highest BCUT2D eigenvalue weighted by Gasteiger charge is 2.35. The van der Waals surface area contributed by atoms with Crippen molar-refractivity contribution in [2.75, 3.05) is 14.2 Å². The zero-order valence-corrected chi connectivity index (χ0v) is 19.2. The lowest BCUT2D eigenvalue weighted by Gasteiger charge is -2.15. The lowest BCUT2D eigenvalue weighted by molar-refractivity contribution is -0.123. The minimum atomic E-state index is -3.95. The quantitative estimate of drug-likeness (QED) is 0.465. The van der Waals surface area contributed by atoms with Gasteiger partial charge in [0, 0.05) is 0 Å². The number of hydrogen-bond acceptors (Lipinski definition) is 7. The average Bonchev–Trinajstić information content (AvgIpc) is 2.95. The highest BCUT2D eigenvalue weighted by atomic mass is 79.9. The van der Waals surface area contributed by atoms with Crippen LogP contribution in [0.25, 0.3) is 6.08 Å². The highest BCUT2D eigenvalue weighted by Crippen LogP contribution is 2.38. The lowest BCUT2D eigenvalue weighted by Crippen LogP contribution is -2.44. The minimum absolute atomic E-state index is 0.0295. The Morgan fingerprint density at radius 2 is 1.86 bits per heavy atom. The Balaban J connectivity index is 1.88. The van der Waals surface area contributed by atoms with Gasteiger partial charge in [0.15, 0.2) is 15.8 Å². The van der Waals surface area contributed by atoms with Crippen LogP contribution in [0.15, 0.2) is 56.7 Å². The summed E-state index contributed by atoms with van der Waals surface area (Å²) in [7, 11) is -0.923. The summed E-state index contributed by atoms with van der Waals surface area (Å²) < 4.78 is 36.3. The Hall–Kier alpha value is -1.92. The Labute approximate surface area is 186 Å². The highest BCUT2D eigenvalue weighted by molar-refractivity contribution is 9.10. The molecule has 0 unspecified atom stereocenters. The molecule has 1 amide bonds. The SMILES string of the molecule is COc1cc(/C=C2\SC(=S)N(NS(=O)(=O)c3ccccc3)C2=O)cc(Br)c1OC. The second-order valence-electron chi connectivity index (χ2n) is 5.66. The molecule has 11 heteroatoms. The molecular weight excluding hydrogens is 500 g/mol. The summed E-state index contributed by atoms with van der Waals surface area (Å²) in [4.78, 5) is 15.3. The van der Waals surface area contributed by atoms with Crippen LogP contribution in [0.5, 0.6) is 11.5 Å². The molecule has 1 aliphatic heterocycles. The van der Waals surface area contributed by atoms with Gasteiger partial charge in [0.25, 0.3) is 15.9 Å². The van der Waals surface area contributed by atoms with Gasteiger partial charge in [0.05, 0.1) is 28.5 Å². The molecule has 29 heavy (non-hydrogen) atoms. The van der Waals surface area contributed by atoms with Crippen molar-refractivity contribution >= 4 is 66.2 Å². The number of amides is 1. The van der Waals surface area contributed by atoms with Crippen molar-refractivity contribution < 1.29 is 22.7 Å². The predicted molar refractivity (Wildman–Crippen MR) is 119 cm³/mol. The summed E-state index contributed by atoms with van der Waals surface area (Å²) >= 11 is 9.58. The van der Waals surface area contributed by atoms with E-state index >= 15 is 0 Å². The first-order valence-electron chi connectivity index (χ1n) is 8.04. The van der Waals surface area contributed by atoms with Gasteiger partial charge >= 0.3 is 0 Å². The monoisotopic (exact) mass is 514 g/mol. The van der Waals surface area contributed by atoms with E-state index in [2.05, 4.69) is 20.8 Å². The van der Waals surface area contributed by atoms with E-state index in [9.17, 15) is 13.2 Å². The molecule has 0 radical (unpaired) electrons. The smallest absolute Gasteiger partial charge is 0.281 e. The van der Waals surface area contributed by atoms with Crippen molar-refractivity contribution in [2.24, 2.45) is 0 Å². The molecule has 1 aliphatic rings. The maximum atomic E-state index is 12.7. The van der Waals surface area contributed by atoms with E-state index in [1.54, 1.807) is 36.4 Å². The maximum absolute atomic E-state index is 12.7. The fourth-order valence-electron chi connectivity index (χ4n) is 2.49. The fourth-order valence-corrected chi connectivity index (χ4v) is 5.44. The van der Waals surface area contributed by atoms with E-state index in [1.165, 1.54) is 26.4 Å². The molecule has 1 N–H and O–H groups in total. The first kappa shape index (κ1) is 21.8. The summed E-state index contributed by atoms with van der Waals surface area (Å²) in [5.41, 5.74) is 0.654. The van der Waals surface area contributed by atoms with Crippen molar-refractivity contribution in [3.05, 3.63) is 57.4 Å². The van der Waals surface area contributed by atoms with E-state index in [0.29, 0.717) is 21.5 Å². The minimum Gasteiger partial charge on any atom is -0.493 e. The molecular formula is C18H15BrN2O5S3. The van der Waals surface area contributed by atoms with Gasteiger partial charge in [-0.25, -0.2) is 13.4 Å². The van der Waals surface area contributed by atoms with Crippen molar-refractivity contribution in [3.8, 4) is 11.5 Å². The number of carbonyl (C=O) groups excluding carboxylic acids is 1. The fraction of sp³-hybridized carbons (Fsp3) is 0.111. The number of thioether (sulfide) groups is 1. The van der Waals surface area contributed by atoms with E-state index in [4.69, 9.17) is 21.7 Å². The number of methoxy groups -OCH3 is 2. The number of halogens is 1. The molecule has 7 nitrogen and oxygen atoms in total. The van der Waals surface area contributed by atoms with Gasteiger partial charge in [-0.3, -0.25) is 4.79 Å². The zero-order chi connectivity index (χ0) is 21.2. The van der Waals surface area contributed by atoms with Crippen LogP contribution in [0.1, 0.15) is 5.56 Å². The van der Waals surface area contributed by atoms with Gasteiger partial charge < -0.3 is 9.47 Å². The van der Waals surface area contributed by atoms with Gasteiger partial charge in [-0.1, -0.05) is 42.2 Å². The second kappa shape index (κ2) is 8.84. The molecule has 0 aromatic heterocycles. The average molecular weight is 515 g/mol. The zero-order valence-electron chi connectivity index (χ0n) is 15.2. The van der Waals surface area contributed by atoms with E-state index in [1.807, 2.05) is 0 Å². The van der Waals surface area contributed by atoms with Crippen molar-refractivity contribution in [1.29, 1.82) is 0 Å². The van der Waals surface area contributed by atoms with Crippen molar-refractivity contribution in [1.82, 2.24) is 9.84 Å². The largest absolute Gasteiger partial charge is 0.493 e. The Kier molecular flexibility index (Phi) is 6.64. The lowest BCUT2D eigenvalue weighted by atomic mass is 10.2. The van der Waals surface area contributed by atoms with Crippen LogP contribution in [0, 0.1) is 0 Å². The summed E-state index contributed by atoms with van der Waals surface area (Å²) in [6.07, 6.45) is 1.60. The topological polar surface area (TPSA) is 84.9 Å². The van der Waals surface area contributed by atoms with Gasteiger partial charge in [-0.05, 0) is 51.8 Å². The summed E-state index contributed by atoms with van der Waals surface area (Å²) in [5.74, 6) is 0.437. The molecule has 0 saturated carbocycles. The van der Waals surface area contributed by atoms with Crippen LogP contribution < -0.4 is 14.3 Å². The van der Waals surface area contributed by atoms with Crippen LogP contribution in [0.2, 0.25) is 0 Å². The number of hydrogen-bond donors (Lipinski definition) is 1. The molecule has 1 fully saturated rings. The number of rotatable bonds is 6. The predicted octanol–water partition coefficient (Wildman–Crippen LogP) is 3.56. The summed E-state index contributed by atoms with van der Waals surface area (Å²) in [5, 5.41) is 0.851. The Morgan fingerprint density at radius 1 is 1.17 bits per heavy atom. The number of hydrazine groups is 1. The van der Waals surface area contributed by atoms with Gasteiger partial charge in [0.2, 0.25) is 0 Å². The number of ether oxygens (including phenoxy) is 2. The summed E-state index contributed by atoms with van der Waals surface area (Å²) in [6.45, 7) is 0. The third-order valence-corrected chi connectivity index (χ3v) is 7.02. The van der Waals surface area contributed by atoms with Crippen LogP contribution in [0.3, 0.4) is 0 Å². The Morgan fingerprint density at radius 3 is 2.48 bits per heavy atom. The number of nitrogens with one attached hydrogen (secondary N) is 1. The molecule has 2 aromatic carbocycles. The second-order valence-corrected chi connectivity index (χ2v) is 9.85. The number of thiocarbonyl (C=S) groups is 1. The number of sulfonamides is 1. The molecule has 152 valence electrons. The van der Waals surface area contributed by atoms with E-state index in [0.717, 1.165) is 16.8 Å². The third kappa shape index (κ3) is 4.64.